The smallest absolute Gasteiger partial charge is 0.161 e. The largest absolute Gasteiger partial charge is 0.493 e. The molecule has 29 heavy (non-hydrogen) atoms. The molecule has 1 heterocycles. The fraction of sp³-hybridized carbons (Fsp3) is 0.500. The molecule has 0 amide bonds. The van der Waals surface area contributed by atoms with Crippen LogP contribution in [0.4, 0.5) is 0 Å². The Hall–Kier alpha value is -1.75. The SMILES string of the molecule is COc1ccc(C2C3CCCCC3(O)CCN2Cc2ccccc2Cl)cc1OC. The number of hydrogen-bond donors (Lipinski definition) is 1. The van der Waals surface area contributed by atoms with E-state index in [2.05, 4.69) is 23.1 Å². The zero-order valence-electron chi connectivity index (χ0n) is 17.2. The van der Waals surface area contributed by atoms with Crippen molar-refractivity contribution < 1.29 is 14.6 Å². The number of benzene rings is 2. The van der Waals surface area contributed by atoms with E-state index in [1.54, 1.807) is 14.2 Å². The molecule has 1 saturated carbocycles. The summed E-state index contributed by atoms with van der Waals surface area (Å²) in [5, 5.41) is 12.3. The number of halogens is 1. The molecule has 1 N–H and O–H groups in total. The van der Waals surface area contributed by atoms with Crippen molar-refractivity contribution >= 4 is 11.6 Å². The van der Waals surface area contributed by atoms with Crippen LogP contribution in [0.2, 0.25) is 5.02 Å². The summed E-state index contributed by atoms with van der Waals surface area (Å²) in [7, 11) is 3.32. The summed E-state index contributed by atoms with van der Waals surface area (Å²) in [6.45, 7) is 1.61. The maximum Gasteiger partial charge on any atom is 0.161 e. The van der Waals surface area contributed by atoms with Crippen LogP contribution in [0, 0.1) is 5.92 Å². The minimum absolute atomic E-state index is 0.116. The highest BCUT2D eigenvalue weighted by Crippen LogP contribution is 2.50. The quantitative estimate of drug-likeness (QED) is 0.726. The molecule has 1 saturated heterocycles. The Morgan fingerprint density at radius 3 is 2.62 bits per heavy atom. The van der Waals surface area contributed by atoms with E-state index in [0.717, 1.165) is 67.3 Å². The number of hydrogen-bond acceptors (Lipinski definition) is 4. The van der Waals surface area contributed by atoms with Crippen molar-refractivity contribution in [3.05, 3.63) is 58.6 Å². The van der Waals surface area contributed by atoms with E-state index in [1.165, 1.54) is 5.56 Å². The van der Waals surface area contributed by atoms with Crippen molar-refractivity contribution in [2.45, 2.75) is 50.3 Å². The van der Waals surface area contributed by atoms with E-state index in [0.29, 0.717) is 0 Å². The van der Waals surface area contributed by atoms with E-state index in [1.807, 2.05) is 24.3 Å². The van der Waals surface area contributed by atoms with E-state index in [9.17, 15) is 5.11 Å². The van der Waals surface area contributed by atoms with Crippen molar-refractivity contribution in [2.24, 2.45) is 5.92 Å². The van der Waals surface area contributed by atoms with E-state index in [4.69, 9.17) is 21.1 Å². The Morgan fingerprint density at radius 1 is 1.07 bits per heavy atom. The fourth-order valence-electron chi connectivity index (χ4n) is 5.25. The predicted octanol–water partition coefficient (Wildman–Crippen LogP) is 5.23. The van der Waals surface area contributed by atoms with Crippen LogP contribution in [0.15, 0.2) is 42.5 Å². The molecule has 4 rings (SSSR count). The van der Waals surface area contributed by atoms with Gasteiger partial charge in [0.15, 0.2) is 11.5 Å². The number of methoxy groups -OCH3 is 2. The lowest BCUT2D eigenvalue weighted by molar-refractivity contribution is -0.126. The molecule has 1 aliphatic heterocycles. The molecule has 0 bridgehead atoms. The molecular formula is C24H30ClNO3. The molecule has 0 spiro atoms. The van der Waals surface area contributed by atoms with Crippen molar-refractivity contribution in [3.8, 4) is 11.5 Å². The summed E-state index contributed by atoms with van der Waals surface area (Å²) in [5.74, 6) is 1.65. The number of aliphatic hydroxyl groups is 1. The summed E-state index contributed by atoms with van der Waals surface area (Å²) >= 11 is 6.48. The first-order valence-corrected chi connectivity index (χ1v) is 10.9. The normalized spacial score (nSPS) is 27.3. The summed E-state index contributed by atoms with van der Waals surface area (Å²) in [4.78, 5) is 2.48. The van der Waals surface area contributed by atoms with Gasteiger partial charge in [0.05, 0.1) is 19.8 Å². The van der Waals surface area contributed by atoms with Crippen LogP contribution in [0.5, 0.6) is 11.5 Å². The summed E-state index contributed by atoms with van der Waals surface area (Å²) in [6.07, 6.45) is 5.01. The Bertz CT molecular complexity index is 858. The molecular weight excluding hydrogens is 386 g/mol. The van der Waals surface area contributed by atoms with Crippen molar-refractivity contribution in [3.63, 3.8) is 0 Å². The molecule has 2 aliphatic rings. The van der Waals surface area contributed by atoms with Crippen LogP contribution in [0.1, 0.15) is 49.3 Å². The Kier molecular flexibility index (Phi) is 6.05. The molecule has 156 valence electrons. The Labute approximate surface area is 178 Å². The molecule has 5 heteroatoms. The summed E-state index contributed by atoms with van der Waals surface area (Å²) < 4.78 is 11.0. The first-order chi connectivity index (χ1) is 14.1. The maximum absolute atomic E-state index is 11.5. The molecule has 2 aromatic rings. The number of fused-ring (bicyclic) bond motifs is 1. The molecule has 0 radical (unpaired) electrons. The van der Waals surface area contributed by atoms with Crippen molar-refractivity contribution in [1.29, 1.82) is 0 Å². The molecule has 2 aromatic carbocycles. The van der Waals surface area contributed by atoms with Crippen LogP contribution < -0.4 is 9.47 Å². The first kappa shape index (κ1) is 20.5. The van der Waals surface area contributed by atoms with Crippen LogP contribution in [-0.2, 0) is 6.54 Å². The molecule has 2 fully saturated rings. The van der Waals surface area contributed by atoms with Gasteiger partial charge in [-0.3, -0.25) is 4.90 Å². The van der Waals surface area contributed by atoms with Gasteiger partial charge in [0.2, 0.25) is 0 Å². The minimum Gasteiger partial charge on any atom is -0.493 e. The number of nitrogens with zero attached hydrogens (tertiary/aromatic N) is 1. The van der Waals surface area contributed by atoms with E-state index in [-0.39, 0.29) is 12.0 Å². The number of likely N-dealkylation sites (tertiary alicyclic amines) is 1. The third-order valence-corrected chi connectivity index (χ3v) is 7.12. The summed E-state index contributed by atoms with van der Waals surface area (Å²) in [5.41, 5.74) is 1.70. The fourth-order valence-corrected chi connectivity index (χ4v) is 5.44. The zero-order chi connectivity index (χ0) is 20.4. The van der Waals surface area contributed by atoms with Gasteiger partial charge in [-0.1, -0.05) is 48.7 Å². The van der Waals surface area contributed by atoms with Gasteiger partial charge < -0.3 is 14.6 Å². The number of rotatable bonds is 5. The van der Waals surface area contributed by atoms with Crippen LogP contribution in [0.25, 0.3) is 0 Å². The molecule has 3 unspecified atom stereocenters. The van der Waals surface area contributed by atoms with Gasteiger partial charge in [0.25, 0.3) is 0 Å². The van der Waals surface area contributed by atoms with Crippen LogP contribution in [0.3, 0.4) is 0 Å². The van der Waals surface area contributed by atoms with Gasteiger partial charge in [0.1, 0.15) is 0 Å². The lowest BCUT2D eigenvalue weighted by atomic mass is 9.66. The van der Waals surface area contributed by atoms with Crippen LogP contribution in [-0.4, -0.2) is 36.4 Å². The lowest BCUT2D eigenvalue weighted by Crippen LogP contribution is -2.54. The average Bonchev–Trinajstić information content (AvgIpc) is 2.74. The van der Waals surface area contributed by atoms with Gasteiger partial charge in [-0.25, -0.2) is 0 Å². The second-order valence-electron chi connectivity index (χ2n) is 8.33. The highest BCUT2D eigenvalue weighted by atomic mass is 35.5. The molecule has 4 nitrogen and oxygen atoms in total. The topological polar surface area (TPSA) is 41.9 Å². The molecule has 1 aliphatic carbocycles. The standard InChI is InChI=1S/C24H30ClNO3/c1-28-21-11-10-17(15-22(21)29-2)23-19-8-5-6-12-24(19,27)13-14-26(23)16-18-7-3-4-9-20(18)25/h3-4,7,9-11,15,19,23,27H,5-6,8,12-14,16H2,1-2H3. The Morgan fingerprint density at radius 2 is 1.86 bits per heavy atom. The van der Waals surface area contributed by atoms with E-state index >= 15 is 0 Å². The van der Waals surface area contributed by atoms with Crippen molar-refractivity contribution in [2.75, 3.05) is 20.8 Å². The average molecular weight is 416 g/mol. The highest BCUT2D eigenvalue weighted by molar-refractivity contribution is 6.31. The Balaban J connectivity index is 1.73. The number of ether oxygens (including phenoxy) is 2. The predicted molar refractivity (Wildman–Crippen MR) is 116 cm³/mol. The van der Waals surface area contributed by atoms with Gasteiger partial charge in [-0.05, 0) is 48.6 Å². The van der Waals surface area contributed by atoms with Gasteiger partial charge in [-0.15, -0.1) is 0 Å². The second kappa shape index (κ2) is 8.55. The summed E-state index contributed by atoms with van der Waals surface area (Å²) in [6, 6.07) is 14.3. The number of piperidine rings is 1. The molecule has 3 atom stereocenters. The van der Waals surface area contributed by atoms with Gasteiger partial charge in [-0.2, -0.15) is 0 Å². The third-order valence-electron chi connectivity index (χ3n) is 6.75. The highest BCUT2D eigenvalue weighted by Gasteiger charge is 2.49. The first-order valence-electron chi connectivity index (χ1n) is 10.5. The zero-order valence-corrected chi connectivity index (χ0v) is 18.0. The van der Waals surface area contributed by atoms with Crippen molar-refractivity contribution in [1.82, 2.24) is 4.90 Å². The maximum atomic E-state index is 11.5. The third kappa shape index (κ3) is 3.98. The minimum atomic E-state index is -0.590. The monoisotopic (exact) mass is 415 g/mol. The van der Waals surface area contributed by atoms with E-state index < -0.39 is 5.60 Å². The molecule has 0 aromatic heterocycles. The second-order valence-corrected chi connectivity index (χ2v) is 8.73. The van der Waals surface area contributed by atoms with Crippen LogP contribution >= 0.6 is 11.6 Å². The van der Waals surface area contributed by atoms with Gasteiger partial charge >= 0.3 is 0 Å². The van der Waals surface area contributed by atoms with Gasteiger partial charge in [0, 0.05) is 30.1 Å². The lowest BCUT2D eigenvalue weighted by Gasteiger charge is -2.53.